The predicted molar refractivity (Wildman–Crippen MR) is 63.8 cm³/mol. The summed E-state index contributed by atoms with van der Waals surface area (Å²) >= 11 is 0. The Morgan fingerprint density at radius 1 is 1.47 bits per heavy atom. The zero-order valence-electron chi connectivity index (χ0n) is 9.98. The monoisotopic (exact) mass is 207 g/mol. The lowest BCUT2D eigenvalue weighted by Crippen LogP contribution is -2.20. The molecule has 0 aromatic carbocycles. The lowest BCUT2D eigenvalue weighted by atomic mass is 10.3. The Kier molecular flexibility index (Phi) is 5.12. The number of aromatic nitrogens is 2. The molecule has 0 saturated heterocycles. The first-order valence-electron chi connectivity index (χ1n) is 5.46. The number of aryl methyl sites for hydroxylation is 1. The molecule has 0 aliphatic heterocycles. The van der Waals surface area contributed by atoms with Gasteiger partial charge in [-0.25, -0.2) is 4.98 Å². The molecule has 0 N–H and O–H groups in total. The molecular formula is C12H21N3. The SMILES string of the molecule is CC(C)=CCN(C)CCCn1ccnc1. The molecule has 3 nitrogen and oxygen atoms in total. The molecular weight excluding hydrogens is 186 g/mol. The highest BCUT2D eigenvalue weighted by Gasteiger charge is 1.96. The van der Waals surface area contributed by atoms with Crippen molar-refractivity contribution in [2.45, 2.75) is 26.8 Å². The van der Waals surface area contributed by atoms with Crippen LogP contribution in [0.25, 0.3) is 0 Å². The predicted octanol–water partition coefficient (Wildman–Crippen LogP) is 2.17. The van der Waals surface area contributed by atoms with Gasteiger partial charge in [-0.05, 0) is 33.9 Å². The Morgan fingerprint density at radius 2 is 2.27 bits per heavy atom. The van der Waals surface area contributed by atoms with Crippen LogP contribution in [-0.2, 0) is 6.54 Å². The van der Waals surface area contributed by atoms with Crippen LogP contribution in [0.4, 0.5) is 0 Å². The van der Waals surface area contributed by atoms with E-state index in [0.717, 1.165) is 19.6 Å². The summed E-state index contributed by atoms with van der Waals surface area (Å²) in [6, 6.07) is 0. The van der Waals surface area contributed by atoms with Gasteiger partial charge in [0.2, 0.25) is 0 Å². The lowest BCUT2D eigenvalue weighted by molar-refractivity contribution is 0.353. The van der Waals surface area contributed by atoms with Crippen molar-refractivity contribution < 1.29 is 0 Å². The number of allylic oxidation sites excluding steroid dienone is 1. The minimum absolute atomic E-state index is 1.05. The minimum atomic E-state index is 1.05. The molecule has 0 amide bonds. The topological polar surface area (TPSA) is 21.1 Å². The van der Waals surface area contributed by atoms with Crippen LogP contribution in [0.5, 0.6) is 0 Å². The second-order valence-corrected chi connectivity index (χ2v) is 4.20. The summed E-state index contributed by atoms with van der Waals surface area (Å²) in [6.07, 6.45) is 9.14. The van der Waals surface area contributed by atoms with Gasteiger partial charge < -0.3 is 9.47 Å². The average molecular weight is 207 g/mol. The quantitative estimate of drug-likeness (QED) is 0.667. The normalized spacial score (nSPS) is 10.7. The first-order chi connectivity index (χ1) is 7.18. The Balaban J connectivity index is 2.12. The zero-order valence-corrected chi connectivity index (χ0v) is 9.98. The van der Waals surface area contributed by atoms with Crippen molar-refractivity contribution in [1.29, 1.82) is 0 Å². The van der Waals surface area contributed by atoms with Gasteiger partial charge in [0.1, 0.15) is 0 Å². The molecule has 0 unspecified atom stereocenters. The summed E-state index contributed by atoms with van der Waals surface area (Å²) < 4.78 is 2.12. The lowest BCUT2D eigenvalue weighted by Gasteiger charge is -2.14. The molecule has 1 aromatic rings. The molecule has 1 rings (SSSR count). The van der Waals surface area contributed by atoms with Crippen molar-refractivity contribution >= 4 is 0 Å². The highest BCUT2D eigenvalue weighted by atomic mass is 15.1. The second-order valence-electron chi connectivity index (χ2n) is 4.20. The van der Waals surface area contributed by atoms with E-state index in [4.69, 9.17) is 0 Å². The number of imidazole rings is 1. The standard InChI is InChI=1S/C12H21N3/c1-12(2)5-9-14(3)7-4-8-15-10-6-13-11-15/h5-6,10-11H,4,7-9H2,1-3H3. The molecule has 0 bridgehead atoms. The molecule has 3 heteroatoms. The maximum Gasteiger partial charge on any atom is 0.0945 e. The summed E-state index contributed by atoms with van der Waals surface area (Å²) in [5.74, 6) is 0. The van der Waals surface area contributed by atoms with E-state index in [2.05, 4.69) is 41.4 Å². The average Bonchev–Trinajstić information content (AvgIpc) is 2.67. The first kappa shape index (κ1) is 12.0. The first-order valence-corrected chi connectivity index (χ1v) is 5.46. The van der Waals surface area contributed by atoms with Crippen LogP contribution in [0.3, 0.4) is 0 Å². The molecule has 15 heavy (non-hydrogen) atoms. The molecule has 84 valence electrons. The van der Waals surface area contributed by atoms with Gasteiger partial charge in [0.25, 0.3) is 0 Å². The van der Waals surface area contributed by atoms with E-state index in [1.54, 1.807) is 0 Å². The number of nitrogens with zero attached hydrogens (tertiary/aromatic N) is 3. The highest BCUT2D eigenvalue weighted by Crippen LogP contribution is 1.95. The van der Waals surface area contributed by atoms with Crippen molar-refractivity contribution in [2.24, 2.45) is 0 Å². The molecule has 0 spiro atoms. The van der Waals surface area contributed by atoms with Gasteiger partial charge in [-0.15, -0.1) is 0 Å². The van der Waals surface area contributed by atoms with Crippen molar-refractivity contribution in [3.63, 3.8) is 0 Å². The minimum Gasteiger partial charge on any atom is -0.337 e. The van der Waals surface area contributed by atoms with Crippen molar-refractivity contribution in [3.05, 3.63) is 30.4 Å². The summed E-state index contributed by atoms with van der Waals surface area (Å²) in [5, 5.41) is 0. The number of likely N-dealkylation sites (N-methyl/N-ethyl adjacent to an activating group) is 1. The molecule has 0 fully saturated rings. The van der Waals surface area contributed by atoms with Crippen molar-refractivity contribution in [1.82, 2.24) is 14.5 Å². The van der Waals surface area contributed by atoms with Crippen LogP contribution in [0.2, 0.25) is 0 Å². The molecule has 1 heterocycles. The van der Waals surface area contributed by atoms with Gasteiger partial charge in [0.15, 0.2) is 0 Å². The van der Waals surface area contributed by atoms with Crippen LogP contribution in [-0.4, -0.2) is 34.6 Å². The van der Waals surface area contributed by atoms with Crippen LogP contribution < -0.4 is 0 Å². The largest absolute Gasteiger partial charge is 0.337 e. The summed E-state index contributed by atoms with van der Waals surface area (Å²) in [6.45, 7) is 7.51. The van der Waals surface area contributed by atoms with E-state index in [1.165, 1.54) is 12.0 Å². The molecule has 0 aliphatic rings. The van der Waals surface area contributed by atoms with Gasteiger partial charge in [-0.2, -0.15) is 0 Å². The third kappa shape index (κ3) is 5.37. The van der Waals surface area contributed by atoms with Gasteiger partial charge in [0.05, 0.1) is 6.33 Å². The summed E-state index contributed by atoms with van der Waals surface area (Å²) in [5.41, 5.74) is 1.39. The van der Waals surface area contributed by atoms with Crippen LogP contribution in [0.1, 0.15) is 20.3 Å². The van der Waals surface area contributed by atoms with E-state index in [-0.39, 0.29) is 0 Å². The molecule has 0 atom stereocenters. The fraction of sp³-hybridized carbons (Fsp3) is 0.583. The maximum atomic E-state index is 4.02. The van der Waals surface area contributed by atoms with Gasteiger partial charge in [-0.1, -0.05) is 11.6 Å². The smallest absolute Gasteiger partial charge is 0.0945 e. The third-order valence-corrected chi connectivity index (χ3v) is 2.33. The Hall–Kier alpha value is -1.09. The van der Waals surface area contributed by atoms with Gasteiger partial charge in [0, 0.05) is 25.5 Å². The number of rotatable bonds is 6. The fourth-order valence-electron chi connectivity index (χ4n) is 1.37. The second kappa shape index (κ2) is 6.40. The fourth-order valence-corrected chi connectivity index (χ4v) is 1.37. The number of hydrogen-bond donors (Lipinski definition) is 0. The molecule has 0 saturated carbocycles. The molecule has 0 aliphatic carbocycles. The van der Waals surface area contributed by atoms with Crippen molar-refractivity contribution in [2.75, 3.05) is 20.1 Å². The van der Waals surface area contributed by atoms with Crippen molar-refractivity contribution in [3.8, 4) is 0 Å². The molecule has 0 radical (unpaired) electrons. The van der Waals surface area contributed by atoms with E-state index in [1.807, 2.05) is 18.7 Å². The van der Waals surface area contributed by atoms with Gasteiger partial charge in [-0.3, -0.25) is 0 Å². The zero-order chi connectivity index (χ0) is 11.1. The molecule has 1 aromatic heterocycles. The third-order valence-electron chi connectivity index (χ3n) is 2.33. The summed E-state index contributed by atoms with van der Waals surface area (Å²) in [4.78, 5) is 6.36. The highest BCUT2D eigenvalue weighted by molar-refractivity contribution is 4.94. The van der Waals surface area contributed by atoms with E-state index in [0.29, 0.717) is 0 Å². The van der Waals surface area contributed by atoms with E-state index >= 15 is 0 Å². The Morgan fingerprint density at radius 3 is 2.87 bits per heavy atom. The van der Waals surface area contributed by atoms with Crippen LogP contribution >= 0.6 is 0 Å². The Labute approximate surface area is 92.4 Å². The van der Waals surface area contributed by atoms with E-state index in [9.17, 15) is 0 Å². The maximum absolute atomic E-state index is 4.02. The van der Waals surface area contributed by atoms with Gasteiger partial charge >= 0.3 is 0 Å². The summed E-state index contributed by atoms with van der Waals surface area (Å²) in [7, 11) is 2.16. The van der Waals surface area contributed by atoms with Crippen LogP contribution in [0.15, 0.2) is 30.4 Å². The Bertz CT molecular complexity index is 284. The van der Waals surface area contributed by atoms with E-state index < -0.39 is 0 Å². The van der Waals surface area contributed by atoms with Crippen LogP contribution in [0, 0.1) is 0 Å². The number of hydrogen-bond acceptors (Lipinski definition) is 2.